The summed E-state index contributed by atoms with van der Waals surface area (Å²) in [5.74, 6) is -0.532. The van der Waals surface area contributed by atoms with Gasteiger partial charge in [0.05, 0.1) is 23.9 Å². The number of aryl methyl sites for hydroxylation is 1. The van der Waals surface area contributed by atoms with Crippen molar-refractivity contribution in [2.45, 2.75) is 6.92 Å². The molecule has 4 rings (SSSR count). The van der Waals surface area contributed by atoms with Crippen molar-refractivity contribution < 1.29 is 18.5 Å². The first-order chi connectivity index (χ1) is 16.3. The second kappa shape index (κ2) is 10.6. The lowest BCUT2D eigenvalue weighted by atomic mass is 10.1. The molecule has 7 nitrogen and oxygen atoms in total. The maximum Gasteiger partial charge on any atom is 0.255 e. The summed E-state index contributed by atoms with van der Waals surface area (Å²) < 4.78 is 19.2. The van der Waals surface area contributed by atoms with Gasteiger partial charge in [0.25, 0.3) is 11.8 Å². The Hall–Kier alpha value is -2.91. The molecular formula is C24H21Cl2N3O4S. The van der Waals surface area contributed by atoms with Crippen LogP contribution in [0.1, 0.15) is 26.3 Å². The molecule has 1 aliphatic rings. The van der Waals surface area contributed by atoms with E-state index in [1.54, 1.807) is 58.9 Å². The quantitative estimate of drug-likeness (QED) is 0.482. The van der Waals surface area contributed by atoms with Crippen LogP contribution < -0.4 is 14.9 Å². The van der Waals surface area contributed by atoms with Crippen LogP contribution in [0.3, 0.4) is 0 Å². The van der Waals surface area contributed by atoms with E-state index in [9.17, 15) is 13.8 Å². The molecule has 10 heteroatoms. The van der Waals surface area contributed by atoms with Crippen molar-refractivity contribution in [3.63, 3.8) is 0 Å². The van der Waals surface area contributed by atoms with E-state index < -0.39 is 11.0 Å². The predicted molar refractivity (Wildman–Crippen MR) is 136 cm³/mol. The Morgan fingerprint density at radius 1 is 1.00 bits per heavy atom. The Kier molecular flexibility index (Phi) is 7.53. The average Bonchev–Trinajstić information content (AvgIpc) is 2.81. The summed E-state index contributed by atoms with van der Waals surface area (Å²) in [6, 6.07) is 16.7. The van der Waals surface area contributed by atoms with Gasteiger partial charge >= 0.3 is 0 Å². The van der Waals surface area contributed by atoms with Crippen LogP contribution in [0.2, 0.25) is 10.0 Å². The SMILES string of the molecule is Cc1cc(N2CCOCS2=O)ccc1C(=O)Nc1ccc(Cl)c(NC(=O)c2cccc(Cl)c2)c1. The van der Waals surface area contributed by atoms with Gasteiger partial charge in [-0.15, -0.1) is 0 Å². The molecule has 3 aromatic carbocycles. The Labute approximate surface area is 209 Å². The first kappa shape index (κ1) is 24.2. The molecule has 1 atom stereocenters. The normalized spacial score (nSPS) is 15.6. The van der Waals surface area contributed by atoms with E-state index in [1.807, 2.05) is 13.0 Å². The van der Waals surface area contributed by atoms with E-state index in [0.29, 0.717) is 45.7 Å². The van der Waals surface area contributed by atoms with Crippen LogP contribution in [0, 0.1) is 6.92 Å². The van der Waals surface area contributed by atoms with Crippen molar-refractivity contribution in [2.24, 2.45) is 0 Å². The summed E-state index contributed by atoms with van der Waals surface area (Å²) in [7, 11) is -1.26. The number of nitrogens with zero attached hydrogens (tertiary/aromatic N) is 1. The maximum atomic E-state index is 12.9. The molecule has 2 N–H and O–H groups in total. The van der Waals surface area contributed by atoms with Gasteiger partial charge < -0.3 is 15.4 Å². The van der Waals surface area contributed by atoms with Crippen LogP contribution in [0.4, 0.5) is 17.1 Å². The van der Waals surface area contributed by atoms with Gasteiger partial charge in [-0.25, -0.2) is 4.21 Å². The smallest absolute Gasteiger partial charge is 0.255 e. The molecule has 1 heterocycles. The summed E-state index contributed by atoms with van der Waals surface area (Å²) >= 11 is 12.2. The van der Waals surface area contributed by atoms with Crippen molar-refractivity contribution in [2.75, 3.05) is 34.0 Å². The topological polar surface area (TPSA) is 87.7 Å². The molecule has 0 saturated carbocycles. The van der Waals surface area contributed by atoms with Gasteiger partial charge in [-0.3, -0.25) is 13.9 Å². The van der Waals surface area contributed by atoms with Crippen molar-refractivity contribution in [3.8, 4) is 0 Å². The fraction of sp³-hybridized carbons (Fsp3) is 0.167. The fourth-order valence-electron chi connectivity index (χ4n) is 3.47. The largest absolute Gasteiger partial charge is 0.364 e. The molecule has 3 aromatic rings. The molecule has 1 aliphatic heterocycles. The van der Waals surface area contributed by atoms with Crippen LogP contribution in [0.15, 0.2) is 60.7 Å². The highest BCUT2D eigenvalue weighted by Gasteiger charge is 2.20. The summed E-state index contributed by atoms with van der Waals surface area (Å²) in [4.78, 5) is 25.5. The summed E-state index contributed by atoms with van der Waals surface area (Å²) in [5, 5.41) is 6.35. The lowest BCUT2D eigenvalue weighted by Crippen LogP contribution is -2.37. The molecule has 1 fully saturated rings. The molecule has 34 heavy (non-hydrogen) atoms. The van der Waals surface area contributed by atoms with Crippen molar-refractivity contribution >= 4 is 63.1 Å². The number of amides is 2. The zero-order valence-corrected chi connectivity index (χ0v) is 20.5. The van der Waals surface area contributed by atoms with Crippen LogP contribution in [-0.4, -0.2) is 35.1 Å². The fourth-order valence-corrected chi connectivity index (χ4v) is 4.84. The lowest BCUT2D eigenvalue weighted by molar-refractivity contribution is 0.101. The van der Waals surface area contributed by atoms with Crippen LogP contribution in [0.5, 0.6) is 0 Å². The second-order valence-corrected chi connectivity index (χ2v) is 9.73. The number of nitrogens with one attached hydrogen (secondary N) is 2. The number of benzene rings is 3. The Balaban J connectivity index is 1.49. The van der Waals surface area contributed by atoms with Gasteiger partial charge in [-0.1, -0.05) is 29.3 Å². The molecule has 0 aliphatic carbocycles. The highest BCUT2D eigenvalue weighted by Crippen LogP contribution is 2.28. The van der Waals surface area contributed by atoms with E-state index >= 15 is 0 Å². The van der Waals surface area contributed by atoms with Crippen LogP contribution in [-0.2, 0) is 15.7 Å². The molecule has 0 aromatic heterocycles. The molecule has 1 saturated heterocycles. The highest BCUT2D eigenvalue weighted by molar-refractivity contribution is 7.86. The van der Waals surface area contributed by atoms with E-state index in [-0.39, 0.29) is 17.8 Å². The third kappa shape index (κ3) is 5.59. The first-order valence-corrected chi connectivity index (χ1v) is 12.4. The van der Waals surface area contributed by atoms with Gasteiger partial charge in [0.2, 0.25) is 0 Å². The van der Waals surface area contributed by atoms with Crippen molar-refractivity contribution in [1.29, 1.82) is 0 Å². The Bertz CT molecular complexity index is 1280. The number of hydrogen-bond donors (Lipinski definition) is 2. The zero-order valence-electron chi connectivity index (χ0n) is 18.1. The molecule has 2 amide bonds. The number of carbonyl (C=O) groups excluding carboxylic acids is 2. The van der Waals surface area contributed by atoms with E-state index in [2.05, 4.69) is 10.6 Å². The van der Waals surface area contributed by atoms with Crippen molar-refractivity contribution in [1.82, 2.24) is 0 Å². The summed E-state index contributed by atoms with van der Waals surface area (Å²) in [6.07, 6.45) is 0. The lowest BCUT2D eigenvalue weighted by Gasteiger charge is -2.27. The van der Waals surface area contributed by atoms with Gasteiger partial charge in [0, 0.05) is 27.5 Å². The second-order valence-electron chi connectivity index (χ2n) is 7.56. The van der Waals surface area contributed by atoms with Gasteiger partial charge in [0.15, 0.2) is 0 Å². The number of carbonyl (C=O) groups is 2. The number of anilines is 3. The minimum absolute atomic E-state index is 0.161. The predicted octanol–water partition coefficient (Wildman–Crippen LogP) is 5.26. The molecule has 0 radical (unpaired) electrons. The number of ether oxygens (including phenoxy) is 1. The standard InChI is InChI=1S/C24H21Cl2N3O4S/c1-15-11-19(29-9-10-33-14-34(29)32)6-7-20(15)24(31)27-18-5-8-21(26)22(13-18)28-23(30)16-3-2-4-17(25)12-16/h2-8,11-13H,9-10,14H2,1H3,(H,27,31)(H,28,30). The van der Waals surface area contributed by atoms with Crippen LogP contribution in [0.25, 0.3) is 0 Å². The minimum atomic E-state index is -1.26. The maximum absolute atomic E-state index is 12.9. The number of rotatable bonds is 5. The third-order valence-electron chi connectivity index (χ3n) is 5.17. The summed E-state index contributed by atoms with van der Waals surface area (Å²) in [6.45, 7) is 2.84. The minimum Gasteiger partial charge on any atom is -0.364 e. The van der Waals surface area contributed by atoms with E-state index in [1.165, 1.54) is 0 Å². The van der Waals surface area contributed by atoms with Crippen LogP contribution >= 0.6 is 23.2 Å². The molecule has 176 valence electrons. The number of hydrogen-bond acceptors (Lipinski definition) is 4. The van der Waals surface area contributed by atoms with Gasteiger partial charge in [0.1, 0.15) is 16.9 Å². The van der Waals surface area contributed by atoms with E-state index in [4.69, 9.17) is 27.9 Å². The number of halogens is 2. The average molecular weight is 518 g/mol. The first-order valence-electron chi connectivity index (χ1n) is 10.3. The molecule has 1 unspecified atom stereocenters. The van der Waals surface area contributed by atoms with E-state index in [0.717, 1.165) is 11.3 Å². The molecule has 0 bridgehead atoms. The summed E-state index contributed by atoms with van der Waals surface area (Å²) in [5.41, 5.74) is 3.19. The van der Waals surface area contributed by atoms with Gasteiger partial charge in [-0.05, 0) is 67.1 Å². The monoisotopic (exact) mass is 517 g/mol. The Morgan fingerprint density at radius 2 is 1.82 bits per heavy atom. The highest BCUT2D eigenvalue weighted by atomic mass is 35.5. The third-order valence-corrected chi connectivity index (χ3v) is 6.99. The Morgan fingerprint density at radius 3 is 2.56 bits per heavy atom. The van der Waals surface area contributed by atoms with Gasteiger partial charge in [-0.2, -0.15) is 0 Å². The molecular weight excluding hydrogens is 497 g/mol. The zero-order chi connectivity index (χ0) is 24.2. The molecule has 0 spiro atoms. The van der Waals surface area contributed by atoms with Crippen molar-refractivity contribution in [3.05, 3.63) is 87.4 Å².